The maximum absolute atomic E-state index is 5.78. The fourth-order valence-electron chi connectivity index (χ4n) is 1.85. The molecule has 0 bridgehead atoms. The van der Waals surface area contributed by atoms with Gasteiger partial charge in [-0.1, -0.05) is 34.1 Å². The number of nitrogens with zero attached hydrogens (tertiary/aromatic N) is 1. The lowest BCUT2D eigenvalue weighted by atomic mass is 10.1. The van der Waals surface area contributed by atoms with Gasteiger partial charge in [-0.15, -0.1) is 22.9 Å². The number of thiazole rings is 1. The molecule has 0 aliphatic heterocycles. The van der Waals surface area contributed by atoms with Crippen LogP contribution < -0.4 is 0 Å². The average molecular weight is 339 g/mol. The summed E-state index contributed by atoms with van der Waals surface area (Å²) >= 11 is 10.9. The van der Waals surface area contributed by atoms with Crippen molar-refractivity contribution in [3.05, 3.63) is 51.9 Å². The van der Waals surface area contributed by atoms with Gasteiger partial charge in [0.05, 0.1) is 11.6 Å². The Hall–Kier alpha value is -0.900. The molecular formula is C14H9BrClNS. The monoisotopic (exact) mass is 337 g/mol. The van der Waals surface area contributed by atoms with Gasteiger partial charge in [0.1, 0.15) is 5.01 Å². The standard InChI is InChI=1S/C14H9BrClNS/c15-12-4-3-9-5-11(2-1-10(9)6-12)14-17-13(7-16)8-18-14/h1-6,8H,7H2. The second-order valence-electron chi connectivity index (χ2n) is 3.98. The molecule has 1 aromatic heterocycles. The summed E-state index contributed by atoms with van der Waals surface area (Å²) in [5.74, 6) is 0.469. The van der Waals surface area contributed by atoms with E-state index in [1.807, 2.05) is 5.38 Å². The van der Waals surface area contributed by atoms with E-state index in [1.54, 1.807) is 11.3 Å². The van der Waals surface area contributed by atoms with E-state index in [-0.39, 0.29) is 0 Å². The summed E-state index contributed by atoms with van der Waals surface area (Å²) in [6, 6.07) is 12.7. The molecule has 0 spiro atoms. The molecule has 0 aliphatic carbocycles. The molecule has 0 radical (unpaired) electrons. The predicted molar refractivity (Wildman–Crippen MR) is 82.3 cm³/mol. The van der Waals surface area contributed by atoms with Gasteiger partial charge in [0.25, 0.3) is 0 Å². The molecule has 0 atom stereocenters. The summed E-state index contributed by atoms with van der Waals surface area (Å²) in [7, 11) is 0. The van der Waals surface area contributed by atoms with Gasteiger partial charge < -0.3 is 0 Å². The summed E-state index contributed by atoms with van der Waals surface area (Å²) in [5, 5.41) is 5.48. The van der Waals surface area contributed by atoms with Crippen molar-refractivity contribution in [2.45, 2.75) is 5.88 Å². The van der Waals surface area contributed by atoms with Crippen LogP contribution in [0, 0.1) is 0 Å². The Balaban J connectivity index is 2.10. The van der Waals surface area contributed by atoms with Gasteiger partial charge in [-0.3, -0.25) is 0 Å². The highest BCUT2D eigenvalue weighted by molar-refractivity contribution is 9.10. The molecule has 0 saturated heterocycles. The number of benzene rings is 2. The topological polar surface area (TPSA) is 12.9 Å². The Labute approximate surface area is 123 Å². The molecule has 4 heteroatoms. The molecule has 18 heavy (non-hydrogen) atoms. The van der Waals surface area contributed by atoms with Crippen LogP contribution >= 0.6 is 38.9 Å². The molecule has 0 fully saturated rings. The second-order valence-corrected chi connectivity index (χ2v) is 6.02. The van der Waals surface area contributed by atoms with Crippen molar-refractivity contribution in [2.24, 2.45) is 0 Å². The first-order valence-corrected chi connectivity index (χ1v) is 7.67. The number of hydrogen-bond acceptors (Lipinski definition) is 2. The fourth-order valence-corrected chi connectivity index (χ4v) is 3.27. The van der Waals surface area contributed by atoms with E-state index in [9.17, 15) is 0 Å². The summed E-state index contributed by atoms with van der Waals surface area (Å²) in [4.78, 5) is 4.50. The Morgan fingerprint density at radius 2 is 1.89 bits per heavy atom. The molecule has 2 aromatic carbocycles. The quantitative estimate of drug-likeness (QED) is 0.565. The van der Waals surface area contributed by atoms with Crippen LogP contribution in [0.15, 0.2) is 46.3 Å². The molecular weight excluding hydrogens is 330 g/mol. The zero-order valence-corrected chi connectivity index (χ0v) is 12.5. The van der Waals surface area contributed by atoms with Gasteiger partial charge in [0.15, 0.2) is 0 Å². The predicted octanol–water partition coefficient (Wildman–Crippen LogP) is 5.46. The second kappa shape index (κ2) is 5.00. The van der Waals surface area contributed by atoms with E-state index in [0.717, 1.165) is 20.7 Å². The van der Waals surface area contributed by atoms with E-state index >= 15 is 0 Å². The zero-order chi connectivity index (χ0) is 12.5. The molecule has 90 valence electrons. The van der Waals surface area contributed by atoms with Crippen molar-refractivity contribution in [1.29, 1.82) is 0 Å². The zero-order valence-electron chi connectivity index (χ0n) is 9.36. The third-order valence-corrected chi connectivity index (χ3v) is 4.45. The third kappa shape index (κ3) is 2.30. The Kier molecular flexibility index (Phi) is 3.37. The van der Waals surface area contributed by atoms with Gasteiger partial charge in [0.2, 0.25) is 0 Å². The number of fused-ring (bicyclic) bond motifs is 1. The Morgan fingerprint density at radius 3 is 2.67 bits per heavy atom. The van der Waals surface area contributed by atoms with E-state index in [1.165, 1.54) is 10.8 Å². The molecule has 1 nitrogen and oxygen atoms in total. The van der Waals surface area contributed by atoms with Gasteiger partial charge in [0, 0.05) is 15.4 Å². The number of halogens is 2. The van der Waals surface area contributed by atoms with Crippen LogP contribution in [0.3, 0.4) is 0 Å². The minimum absolute atomic E-state index is 0.469. The van der Waals surface area contributed by atoms with Gasteiger partial charge >= 0.3 is 0 Å². The summed E-state index contributed by atoms with van der Waals surface area (Å²) in [6.07, 6.45) is 0. The van der Waals surface area contributed by atoms with Crippen LogP contribution in [0.5, 0.6) is 0 Å². The largest absolute Gasteiger partial charge is 0.240 e. The summed E-state index contributed by atoms with van der Waals surface area (Å²) < 4.78 is 1.10. The fraction of sp³-hybridized carbons (Fsp3) is 0.0714. The van der Waals surface area contributed by atoms with E-state index in [0.29, 0.717) is 5.88 Å². The van der Waals surface area contributed by atoms with Crippen LogP contribution in [0.4, 0.5) is 0 Å². The van der Waals surface area contributed by atoms with E-state index < -0.39 is 0 Å². The highest BCUT2D eigenvalue weighted by Crippen LogP contribution is 2.28. The minimum atomic E-state index is 0.469. The lowest BCUT2D eigenvalue weighted by Crippen LogP contribution is -1.80. The van der Waals surface area contributed by atoms with Crippen LogP contribution in [0.2, 0.25) is 0 Å². The Bertz CT molecular complexity index is 708. The maximum Gasteiger partial charge on any atom is 0.123 e. The number of rotatable bonds is 2. The van der Waals surface area contributed by atoms with Gasteiger partial charge in [-0.05, 0) is 29.0 Å². The van der Waals surface area contributed by atoms with Crippen molar-refractivity contribution in [2.75, 3.05) is 0 Å². The van der Waals surface area contributed by atoms with Gasteiger partial charge in [-0.2, -0.15) is 0 Å². The highest BCUT2D eigenvalue weighted by atomic mass is 79.9. The lowest BCUT2D eigenvalue weighted by molar-refractivity contribution is 1.23. The first kappa shape index (κ1) is 12.2. The normalized spacial score (nSPS) is 11.0. The van der Waals surface area contributed by atoms with Gasteiger partial charge in [-0.25, -0.2) is 4.98 Å². The highest BCUT2D eigenvalue weighted by Gasteiger charge is 2.05. The Morgan fingerprint density at radius 1 is 1.11 bits per heavy atom. The molecule has 0 saturated carbocycles. The van der Waals surface area contributed by atoms with Crippen molar-refractivity contribution >= 4 is 49.6 Å². The summed E-state index contributed by atoms with van der Waals surface area (Å²) in [6.45, 7) is 0. The smallest absolute Gasteiger partial charge is 0.123 e. The molecule has 0 amide bonds. The summed E-state index contributed by atoms with van der Waals surface area (Å²) in [5.41, 5.74) is 2.08. The van der Waals surface area contributed by atoms with Crippen LogP contribution in [-0.2, 0) is 5.88 Å². The van der Waals surface area contributed by atoms with E-state index in [2.05, 4.69) is 57.3 Å². The van der Waals surface area contributed by atoms with Crippen LogP contribution in [0.25, 0.3) is 21.3 Å². The van der Waals surface area contributed by atoms with Crippen molar-refractivity contribution in [1.82, 2.24) is 4.98 Å². The molecule has 0 unspecified atom stereocenters. The van der Waals surface area contributed by atoms with Crippen molar-refractivity contribution in [3.8, 4) is 10.6 Å². The number of alkyl halides is 1. The molecule has 3 aromatic rings. The first-order chi connectivity index (χ1) is 8.76. The van der Waals surface area contributed by atoms with Crippen molar-refractivity contribution in [3.63, 3.8) is 0 Å². The minimum Gasteiger partial charge on any atom is -0.240 e. The lowest BCUT2D eigenvalue weighted by Gasteiger charge is -2.01. The average Bonchev–Trinajstić information content (AvgIpc) is 2.87. The molecule has 0 N–H and O–H groups in total. The number of aromatic nitrogens is 1. The van der Waals surface area contributed by atoms with E-state index in [4.69, 9.17) is 11.6 Å². The SMILES string of the molecule is ClCc1csc(-c2ccc3cc(Br)ccc3c2)n1. The van der Waals surface area contributed by atoms with Crippen molar-refractivity contribution < 1.29 is 0 Å². The molecule has 1 heterocycles. The number of hydrogen-bond donors (Lipinski definition) is 0. The molecule has 0 aliphatic rings. The first-order valence-electron chi connectivity index (χ1n) is 5.46. The van der Waals surface area contributed by atoms with Crippen LogP contribution in [0.1, 0.15) is 5.69 Å². The molecule has 3 rings (SSSR count). The third-order valence-electron chi connectivity index (χ3n) is 2.74. The maximum atomic E-state index is 5.78. The van der Waals surface area contributed by atoms with Crippen LogP contribution in [-0.4, -0.2) is 4.98 Å².